The first-order valence-corrected chi connectivity index (χ1v) is 9.87. The topological polar surface area (TPSA) is 76.3 Å². The van der Waals surface area contributed by atoms with E-state index in [4.69, 9.17) is 16.1 Å². The number of aromatic nitrogens is 2. The molecule has 0 bridgehead atoms. The lowest BCUT2D eigenvalue weighted by atomic mass is 10.0. The van der Waals surface area contributed by atoms with Gasteiger partial charge in [0.1, 0.15) is 0 Å². The fourth-order valence-corrected chi connectivity index (χ4v) is 4.76. The van der Waals surface area contributed by atoms with Crippen molar-refractivity contribution in [1.82, 2.24) is 14.4 Å². The quantitative estimate of drug-likeness (QED) is 0.693. The molecule has 3 aromatic rings. The molecule has 1 fully saturated rings. The molecule has 0 amide bonds. The average Bonchev–Trinajstić information content (AvgIpc) is 3.16. The molecule has 0 atom stereocenters. The molecule has 0 N–H and O–H groups in total. The van der Waals surface area contributed by atoms with Gasteiger partial charge in [-0.25, -0.2) is 8.42 Å². The second-order valence-electron chi connectivity index (χ2n) is 5.41. The van der Waals surface area contributed by atoms with E-state index in [0.29, 0.717) is 29.8 Å². The maximum absolute atomic E-state index is 12.5. The minimum absolute atomic E-state index is 0.0757. The standard InChI is InChI=1S/C15H12ClN3O3S2/c16-11-3-5-12(6-4-11)24(20,21)19-8-10(9-19)15-17-14(18-22-15)13-2-1-7-23-13/h1-7,10H,8-9H2. The van der Waals surface area contributed by atoms with Gasteiger partial charge in [0.25, 0.3) is 0 Å². The van der Waals surface area contributed by atoms with Crippen molar-refractivity contribution in [3.8, 4) is 10.7 Å². The van der Waals surface area contributed by atoms with Crippen molar-refractivity contribution in [1.29, 1.82) is 0 Å². The Balaban J connectivity index is 1.47. The Bertz CT molecular complexity index is 946. The highest BCUT2D eigenvalue weighted by molar-refractivity contribution is 7.89. The molecule has 2 aromatic heterocycles. The van der Waals surface area contributed by atoms with Crippen LogP contribution in [0.25, 0.3) is 10.7 Å². The SMILES string of the molecule is O=S(=O)(c1ccc(Cl)cc1)N1CC(c2nc(-c3cccs3)no2)C1. The first-order chi connectivity index (χ1) is 11.5. The predicted molar refractivity (Wildman–Crippen MR) is 90.6 cm³/mol. The number of halogens is 1. The van der Waals surface area contributed by atoms with Crippen LogP contribution in [0, 0.1) is 0 Å². The molecule has 0 saturated carbocycles. The molecule has 1 aliphatic rings. The smallest absolute Gasteiger partial charge is 0.243 e. The third-order valence-electron chi connectivity index (χ3n) is 3.83. The number of hydrogen-bond acceptors (Lipinski definition) is 6. The summed E-state index contributed by atoms with van der Waals surface area (Å²) >= 11 is 7.33. The van der Waals surface area contributed by atoms with Crippen molar-refractivity contribution in [2.45, 2.75) is 10.8 Å². The Morgan fingerprint density at radius 2 is 1.96 bits per heavy atom. The second kappa shape index (κ2) is 5.96. The maximum atomic E-state index is 12.5. The summed E-state index contributed by atoms with van der Waals surface area (Å²) in [6.45, 7) is 0.661. The van der Waals surface area contributed by atoms with Gasteiger partial charge in [0.05, 0.1) is 15.7 Å². The number of thiophene rings is 1. The van der Waals surface area contributed by atoms with E-state index in [-0.39, 0.29) is 10.8 Å². The molecule has 24 heavy (non-hydrogen) atoms. The van der Waals surface area contributed by atoms with Crippen molar-refractivity contribution in [3.63, 3.8) is 0 Å². The fourth-order valence-electron chi connectivity index (χ4n) is 2.45. The van der Waals surface area contributed by atoms with Crippen LogP contribution in [-0.2, 0) is 10.0 Å². The molecule has 6 nitrogen and oxygen atoms in total. The van der Waals surface area contributed by atoms with E-state index in [1.165, 1.54) is 27.8 Å². The molecule has 9 heteroatoms. The van der Waals surface area contributed by atoms with Crippen molar-refractivity contribution >= 4 is 33.0 Å². The van der Waals surface area contributed by atoms with E-state index in [0.717, 1.165) is 4.88 Å². The zero-order chi connectivity index (χ0) is 16.7. The fraction of sp³-hybridized carbons (Fsp3) is 0.200. The molecule has 0 radical (unpaired) electrons. The summed E-state index contributed by atoms with van der Waals surface area (Å²) in [5.41, 5.74) is 0. The minimum atomic E-state index is -3.51. The van der Waals surface area contributed by atoms with Gasteiger partial charge in [0, 0.05) is 18.1 Å². The van der Waals surface area contributed by atoms with Crippen LogP contribution in [0.2, 0.25) is 5.02 Å². The van der Waals surface area contributed by atoms with Crippen molar-refractivity contribution in [2.24, 2.45) is 0 Å². The molecule has 1 saturated heterocycles. The third-order valence-corrected chi connectivity index (χ3v) is 6.80. The van der Waals surface area contributed by atoms with Crippen LogP contribution in [0.15, 0.2) is 51.2 Å². The molecule has 1 aromatic carbocycles. The number of sulfonamides is 1. The molecule has 0 spiro atoms. The summed E-state index contributed by atoms with van der Waals surface area (Å²) in [5.74, 6) is 0.938. The molecule has 124 valence electrons. The van der Waals surface area contributed by atoms with Crippen molar-refractivity contribution in [2.75, 3.05) is 13.1 Å². The highest BCUT2D eigenvalue weighted by Crippen LogP contribution is 2.32. The van der Waals surface area contributed by atoms with Gasteiger partial charge in [-0.3, -0.25) is 0 Å². The summed E-state index contributed by atoms with van der Waals surface area (Å²) in [4.78, 5) is 5.53. The van der Waals surface area contributed by atoms with Crippen LogP contribution in [-0.4, -0.2) is 36.0 Å². The van der Waals surface area contributed by atoms with Gasteiger partial charge in [-0.15, -0.1) is 11.3 Å². The first kappa shape index (κ1) is 15.8. The van der Waals surface area contributed by atoms with E-state index in [2.05, 4.69) is 10.1 Å². The van der Waals surface area contributed by atoms with Crippen LogP contribution in [0.5, 0.6) is 0 Å². The molecule has 0 aliphatic carbocycles. The lowest BCUT2D eigenvalue weighted by molar-refractivity contribution is 0.217. The molecular formula is C15H12ClN3O3S2. The van der Waals surface area contributed by atoms with Crippen LogP contribution >= 0.6 is 22.9 Å². The highest BCUT2D eigenvalue weighted by Gasteiger charge is 2.40. The van der Waals surface area contributed by atoms with Gasteiger partial charge in [-0.2, -0.15) is 9.29 Å². The predicted octanol–water partition coefficient (Wildman–Crippen LogP) is 3.24. The van der Waals surface area contributed by atoms with E-state index in [1.807, 2.05) is 17.5 Å². The van der Waals surface area contributed by atoms with Gasteiger partial charge in [-0.1, -0.05) is 22.8 Å². The Labute approximate surface area is 147 Å². The summed E-state index contributed by atoms with van der Waals surface area (Å²) in [5, 5.41) is 6.40. The van der Waals surface area contributed by atoms with Gasteiger partial charge >= 0.3 is 0 Å². The lowest BCUT2D eigenvalue weighted by Crippen LogP contribution is -2.48. The van der Waals surface area contributed by atoms with Gasteiger partial charge in [0.15, 0.2) is 0 Å². The molecule has 1 aliphatic heterocycles. The number of hydrogen-bond donors (Lipinski definition) is 0. The second-order valence-corrected chi connectivity index (χ2v) is 8.73. The largest absolute Gasteiger partial charge is 0.339 e. The van der Waals surface area contributed by atoms with Gasteiger partial charge in [0.2, 0.25) is 21.7 Å². The normalized spacial score (nSPS) is 16.2. The Kier molecular flexibility index (Phi) is 3.92. The molecular weight excluding hydrogens is 370 g/mol. The summed E-state index contributed by atoms with van der Waals surface area (Å²) in [7, 11) is -3.51. The number of rotatable bonds is 4. The summed E-state index contributed by atoms with van der Waals surface area (Å²) in [6.07, 6.45) is 0. The van der Waals surface area contributed by atoms with E-state index in [9.17, 15) is 8.42 Å². The average molecular weight is 382 g/mol. The summed E-state index contributed by atoms with van der Waals surface area (Å²) in [6, 6.07) is 9.98. The van der Waals surface area contributed by atoms with E-state index < -0.39 is 10.0 Å². The molecule has 0 unspecified atom stereocenters. The van der Waals surface area contributed by atoms with Crippen LogP contribution < -0.4 is 0 Å². The first-order valence-electron chi connectivity index (χ1n) is 7.17. The zero-order valence-corrected chi connectivity index (χ0v) is 14.7. The Hall–Kier alpha value is -1.74. The van der Waals surface area contributed by atoms with E-state index in [1.54, 1.807) is 12.1 Å². The summed E-state index contributed by atoms with van der Waals surface area (Å²) < 4.78 is 31.7. The maximum Gasteiger partial charge on any atom is 0.243 e. The lowest BCUT2D eigenvalue weighted by Gasteiger charge is -2.35. The van der Waals surface area contributed by atoms with Crippen LogP contribution in [0.3, 0.4) is 0 Å². The number of nitrogens with zero attached hydrogens (tertiary/aromatic N) is 3. The van der Waals surface area contributed by atoms with Crippen molar-refractivity contribution < 1.29 is 12.9 Å². The monoisotopic (exact) mass is 381 g/mol. The van der Waals surface area contributed by atoms with Crippen LogP contribution in [0.1, 0.15) is 11.8 Å². The molecule has 4 rings (SSSR count). The Morgan fingerprint density at radius 3 is 2.62 bits per heavy atom. The molecule has 3 heterocycles. The third kappa shape index (κ3) is 2.75. The zero-order valence-electron chi connectivity index (χ0n) is 12.3. The highest BCUT2D eigenvalue weighted by atomic mass is 35.5. The van der Waals surface area contributed by atoms with Crippen LogP contribution in [0.4, 0.5) is 0 Å². The van der Waals surface area contributed by atoms with E-state index >= 15 is 0 Å². The van der Waals surface area contributed by atoms with Crippen molar-refractivity contribution in [3.05, 3.63) is 52.7 Å². The minimum Gasteiger partial charge on any atom is -0.339 e. The van der Waals surface area contributed by atoms with Gasteiger partial charge in [-0.05, 0) is 35.7 Å². The Morgan fingerprint density at radius 1 is 1.21 bits per heavy atom. The van der Waals surface area contributed by atoms with Gasteiger partial charge < -0.3 is 4.52 Å². The number of benzene rings is 1.